The van der Waals surface area contributed by atoms with Crippen molar-refractivity contribution < 1.29 is 14.3 Å². The van der Waals surface area contributed by atoms with Gasteiger partial charge in [-0.3, -0.25) is 19.5 Å². The summed E-state index contributed by atoms with van der Waals surface area (Å²) in [6.45, 7) is 6.97. The maximum Gasteiger partial charge on any atom is 0.224 e. The number of pyridine rings is 1. The number of likely N-dealkylation sites (tertiary alicyclic amines) is 1. The molecule has 3 rings (SSSR count). The lowest BCUT2D eigenvalue weighted by Gasteiger charge is -2.36. The summed E-state index contributed by atoms with van der Waals surface area (Å²) in [6.07, 6.45) is 6.20. The van der Waals surface area contributed by atoms with Crippen molar-refractivity contribution in [2.45, 2.75) is 26.8 Å². The van der Waals surface area contributed by atoms with Gasteiger partial charge >= 0.3 is 0 Å². The minimum absolute atomic E-state index is 0.0110. The van der Waals surface area contributed by atoms with Crippen LogP contribution in [0.5, 0.6) is 5.75 Å². The molecular formula is C22H32N6O3. The summed E-state index contributed by atoms with van der Waals surface area (Å²) in [7, 11) is 1.98. The van der Waals surface area contributed by atoms with Crippen molar-refractivity contribution in [1.29, 1.82) is 0 Å². The first-order chi connectivity index (χ1) is 14.9. The molecule has 1 aliphatic heterocycles. The van der Waals surface area contributed by atoms with E-state index in [9.17, 15) is 9.59 Å². The van der Waals surface area contributed by atoms with Gasteiger partial charge in [-0.25, -0.2) is 4.98 Å². The normalized spacial score (nSPS) is 19.1. The number of imidazole rings is 1. The molecule has 9 heteroatoms. The van der Waals surface area contributed by atoms with Gasteiger partial charge in [0.1, 0.15) is 11.6 Å². The molecule has 0 aliphatic carbocycles. The van der Waals surface area contributed by atoms with E-state index in [4.69, 9.17) is 4.74 Å². The van der Waals surface area contributed by atoms with Crippen LogP contribution < -0.4 is 15.4 Å². The SMILES string of the molecule is CC(=O)NCCNC(=O)[C@@H]1C[C@H](COc2ccc(C)nc2)CN(Cc2nccn2C)C1. The molecule has 0 unspecified atom stereocenters. The molecule has 9 nitrogen and oxygen atoms in total. The van der Waals surface area contributed by atoms with Crippen LogP contribution in [-0.4, -0.2) is 64.0 Å². The van der Waals surface area contributed by atoms with Crippen molar-refractivity contribution in [3.63, 3.8) is 0 Å². The van der Waals surface area contributed by atoms with Crippen molar-refractivity contribution >= 4 is 11.8 Å². The van der Waals surface area contributed by atoms with Gasteiger partial charge in [0.2, 0.25) is 11.8 Å². The van der Waals surface area contributed by atoms with Crippen LogP contribution in [0.1, 0.15) is 24.9 Å². The van der Waals surface area contributed by atoms with E-state index in [0.717, 1.165) is 30.2 Å². The van der Waals surface area contributed by atoms with E-state index < -0.39 is 0 Å². The molecule has 168 valence electrons. The van der Waals surface area contributed by atoms with Crippen LogP contribution in [0.15, 0.2) is 30.7 Å². The van der Waals surface area contributed by atoms with Gasteiger partial charge in [0, 0.05) is 64.2 Å². The molecule has 0 spiro atoms. The van der Waals surface area contributed by atoms with Gasteiger partial charge in [0.15, 0.2) is 0 Å². The zero-order valence-corrected chi connectivity index (χ0v) is 18.5. The molecule has 3 heterocycles. The van der Waals surface area contributed by atoms with E-state index in [-0.39, 0.29) is 23.7 Å². The third kappa shape index (κ3) is 7.06. The van der Waals surface area contributed by atoms with Crippen molar-refractivity contribution in [3.8, 4) is 5.75 Å². The third-order valence-electron chi connectivity index (χ3n) is 5.44. The highest BCUT2D eigenvalue weighted by Gasteiger charge is 2.32. The number of piperidine rings is 1. The summed E-state index contributed by atoms with van der Waals surface area (Å²) in [4.78, 5) is 34.8. The first-order valence-electron chi connectivity index (χ1n) is 10.7. The van der Waals surface area contributed by atoms with Crippen LogP contribution in [0.3, 0.4) is 0 Å². The Kier molecular flexibility index (Phi) is 8.00. The molecule has 1 saturated heterocycles. The predicted molar refractivity (Wildman–Crippen MR) is 116 cm³/mol. The molecule has 1 fully saturated rings. The first-order valence-corrected chi connectivity index (χ1v) is 10.7. The van der Waals surface area contributed by atoms with Crippen LogP contribution >= 0.6 is 0 Å². The van der Waals surface area contributed by atoms with Crippen LogP contribution in [0.2, 0.25) is 0 Å². The Morgan fingerprint density at radius 3 is 2.68 bits per heavy atom. The summed E-state index contributed by atoms with van der Waals surface area (Å²) in [6, 6.07) is 3.85. The number of rotatable bonds is 9. The van der Waals surface area contributed by atoms with Gasteiger partial charge in [-0.05, 0) is 25.5 Å². The van der Waals surface area contributed by atoms with Gasteiger partial charge < -0.3 is 19.9 Å². The van der Waals surface area contributed by atoms with Crippen LogP contribution in [0.25, 0.3) is 0 Å². The number of hydrogen-bond acceptors (Lipinski definition) is 6. The largest absolute Gasteiger partial charge is 0.492 e. The number of aromatic nitrogens is 3. The van der Waals surface area contributed by atoms with Crippen LogP contribution in [0, 0.1) is 18.8 Å². The lowest BCUT2D eigenvalue weighted by Crippen LogP contribution is -2.48. The Labute approximate surface area is 183 Å². The summed E-state index contributed by atoms with van der Waals surface area (Å²) < 4.78 is 7.97. The Balaban J connectivity index is 1.60. The average molecular weight is 429 g/mol. The Bertz CT molecular complexity index is 866. The first kappa shape index (κ1) is 22.7. The smallest absolute Gasteiger partial charge is 0.224 e. The average Bonchev–Trinajstić information content (AvgIpc) is 3.14. The van der Waals surface area contributed by atoms with Crippen LogP contribution in [0.4, 0.5) is 0 Å². The molecule has 2 amide bonds. The molecule has 0 saturated carbocycles. The topological polar surface area (TPSA) is 101 Å². The minimum atomic E-state index is -0.143. The number of ether oxygens (including phenoxy) is 1. The van der Waals surface area contributed by atoms with Gasteiger partial charge in [-0.15, -0.1) is 0 Å². The molecule has 2 aromatic rings. The molecule has 2 aromatic heterocycles. The number of nitrogens with zero attached hydrogens (tertiary/aromatic N) is 4. The fourth-order valence-electron chi connectivity index (χ4n) is 3.81. The number of carbonyl (C=O) groups excluding carboxylic acids is 2. The maximum atomic E-state index is 12.8. The summed E-state index contributed by atoms with van der Waals surface area (Å²) >= 11 is 0. The van der Waals surface area contributed by atoms with Gasteiger partial charge in [0.05, 0.1) is 25.3 Å². The van der Waals surface area contributed by atoms with Crippen LogP contribution in [-0.2, 0) is 23.2 Å². The third-order valence-corrected chi connectivity index (χ3v) is 5.44. The summed E-state index contributed by atoms with van der Waals surface area (Å²) in [5, 5.41) is 5.65. The molecular weight excluding hydrogens is 396 g/mol. The van der Waals surface area contributed by atoms with Gasteiger partial charge in [-0.2, -0.15) is 0 Å². The van der Waals surface area contributed by atoms with Gasteiger partial charge in [-0.1, -0.05) is 0 Å². The van der Waals surface area contributed by atoms with Crippen molar-refractivity contribution in [3.05, 3.63) is 42.2 Å². The maximum absolute atomic E-state index is 12.8. The zero-order valence-electron chi connectivity index (χ0n) is 18.5. The monoisotopic (exact) mass is 428 g/mol. The van der Waals surface area contributed by atoms with E-state index >= 15 is 0 Å². The highest BCUT2D eigenvalue weighted by atomic mass is 16.5. The fourth-order valence-corrected chi connectivity index (χ4v) is 3.81. The number of amides is 2. The molecule has 0 aromatic carbocycles. The second-order valence-electron chi connectivity index (χ2n) is 8.17. The molecule has 1 aliphatic rings. The van der Waals surface area contributed by atoms with E-state index in [1.165, 1.54) is 6.92 Å². The second kappa shape index (κ2) is 10.9. The number of carbonyl (C=O) groups is 2. The number of hydrogen-bond donors (Lipinski definition) is 2. The molecule has 31 heavy (non-hydrogen) atoms. The van der Waals surface area contributed by atoms with Crippen molar-refractivity contribution in [2.75, 3.05) is 32.8 Å². The molecule has 0 bridgehead atoms. The van der Waals surface area contributed by atoms with Crippen molar-refractivity contribution in [1.82, 2.24) is 30.1 Å². The molecule has 0 radical (unpaired) electrons. The summed E-state index contributed by atoms with van der Waals surface area (Å²) in [5.74, 6) is 1.68. The van der Waals surface area contributed by atoms with Gasteiger partial charge in [0.25, 0.3) is 0 Å². The highest BCUT2D eigenvalue weighted by molar-refractivity contribution is 5.79. The Morgan fingerprint density at radius 1 is 1.19 bits per heavy atom. The Morgan fingerprint density at radius 2 is 2.00 bits per heavy atom. The quantitative estimate of drug-likeness (QED) is 0.576. The number of aryl methyl sites for hydroxylation is 2. The molecule has 2 atom stereocenters. The van der Waals surface area contributed by atoms with E-state index in [2.05, 4.69) is 25.5 Å². The van der Waals surface area contributed by atoms with E-state index in [1.54, 1.807) is 12.4 Å². The molecule has 2 N–H and O–H groups in total. The second-order valence-corrected chi connectivity index (χ2v) is 8.17. The van der Waals surface area contributed by atoms with E-state index in [1.807, 2.05) is 36.9 Å². The summed E-state index contributed by atoms with van der Waals surface area (Å²) in [5.41, 5.74) is 0.947. The lowest BCUT2D eigenvalue weighted by atomic mass is 9.89. The predicted octanol–water partition coefficient (Wildman–Crippen LogP) is 0.893. The minimum Gasteiger partial charge on any atom is -0.492 e. The lowest BCUT2D eigenvalue weighted by molar-refractivity contribution is -0.128. The van der Waals surface area contributed by atoms with Crippen molar-refractivity contribution in [2.24, 2.45) is 18.9 Å². The zero-order chi connectivity index (χ0) is 22.2. The fraction of sp³-hybridized carbons (Fsp3) is 0.545. The Hall–Kier alpha value is -2.94. The highest BCUT2D eigenvalue weighted by Crippen LogP contribution is 2.24. The number of nitrogens with one attached hydrogen (secondary N) is 2. The van der Waals surface area contributed by atoms with E-state index in [0.29, 0.717) is 32.8 Å². The standard InChI is InChI=1S/C22H32N6O3/c1-16-4-5-20(11-26-16)31-15-18-10-19(22(30)25-7-6-23-17(2)29)13-28(12-18)14-21-24-8-9-27(21)3/h4-5,8-9,11,18-19H,6-7,10,12-15H2,1-3H3,(H,23,29)(H,25,30)/t18-,19+/m0/s1.